The first-order valence-electron chi connectivity index (χ1n) is 10.5. The summed E-state index contributed by atoms with van der Waals surface area (Å²) in [5, 5.41) is 9.59. The Bertz CT molecular complexity index is 1570. The van der Waals surface area contributed by atoms with Crippen molar-refractivity contribution in [3.63, 3.8) is 0 Å². The van der Waals surface area contributed by atoms with Crippen molar-refractivity contribution < 1.29 is 18.8 Å². The van der Waals surface area contributed by atoms with Crippen LogP contribution in [0.5, 0.6) is 0 Å². The van der Waals surface area contributed by atoms with Gasteiger partial charge in [0.2, 0.25) is 5.91 Å². The van der Waals surface area contributed by atoms with Gasteiger partial charge in [0.15, 0.2) is 5.58 Å². The predicted molar refractivity (Wildman–Crippen MR) is 120 cm³/mol. The van der Waals surface area contributed by atoms with Gasteiger partial charge >= 0.3 is 11.8 Å². The molecule has 1 atom stereocenters. The van der Waals surface area contributed by atoms with Gasteiger partial charge in [0.25, 0.3) is 5.91 Å². The van der Waals surface area contributed by atoms with Crippen molar-refractivity contribution >= 4 is 45.4 Å². The lowest BCUT2D eigenvalue weighted by atomic mass is 9.96. The SMILES string of the molecule is O=C(Cn1c(=O)oc2ccc3ccccc3c21)Nc1ccc2c(c1)CC1(C2)NC(=O)NC1=O. The number of oxazole rings is 1. The molecule has 9 nitrogen and oxygen atoms in total. The van der Waals surface area contributed by atoms with Crippen LogP contribution < -0.4 is 21.7 Å². The van der Waals surface area contributed by atoms with E-state index in [1.54, 1.807) is 18.2 Å². The van der Waals surface area contributed by atoms with Crippen molar-refractivity contribution in [2.45, 2.75) is 24.9 Å². The fourth-order valence-corrected chi connectivity index (χ4v) is 4.85. The number of imide groups is 1. The Balaban J connectivity index is 1.26. The smallest absolute Gasteiger partial charge is 0.408 e. The van der Waals surface area contributed by atoms with E-state index in [9.17, 15) is 19.2 Å². The van der Waals surface area contributed by atoms with Crippen LogP contribution in [0.4, 0.5) is 10.5 Å². The second kappa shape index (κ2) is 6.80. The van der Waals surface area contributed by atoms with Crippen molar-refractivity contribution in [2.75, 3.05) is 5.32 Å². The molecule has 33 heavy (non-hydrogen) atoms. The third-order valence-corrected chi connectivity index (χ3v) is 6.34. The minimum atomic E-state index is -0.966. The van der Waals surface area contributed by atoms with Crippen LogP contribution in [0.1, 0.15) is 11.1 Å². The highest BCUT2D eigenvalue weighted by Crippen LogP contribution is 2.34. The standard InChI is InChI=1S/C24H18N4O5/c29-19(12-28-20-17-4-2-1-3-13(17)6-8-18(20)33-23(28)32)25-16-7-5-14-10-24(11-15(14)9-16)21(30)26-22(31)27-24/h1-9H,10-12H2,(H,25,29)(H2,26,27,30,31). The molecular weight excluding hydrogens is 424 g/mol. The monoisotopic (exact) mass is 442 g/mol. The van der Waals surface area contributed by atoms with Gasteiger partial charge in [0.1, 0.15) is 12.1 Å². The number of anilines is 1. The second-order valence-electron chi connectivity index (χ2n) is 8.46. The Morgan fingerprint density at radius 1 is 1.03 bits per heavy atom. The molecule has 0 bridgehead atoms. The Kier molecular flexibility index (Phi) is 3.97. The molecule has 6 rings (SSSR count). The Morgan fingerprint density at radius 3 is 2.67 bits per heavy atom. The van der Waals surface area contributed by atoms with Crippen LogP contribution >= 0.6 is 0 Å². The number of urea groups is 1. The number of hydrogen-bond acceptors (Lipinski definition) is 5. The topological polar surface area (TPSA) is 122 Å². The summed E-state index contributed by atoms with van der Waals surface area (Å²) in [6.45, 7) is -0.209. The van der Waals surface area contributed by atoms with E-state index in [4.69, 9.17) is 4.42 Å². The zero-order valence-corrected chi connectivity index (χ0v) is 17.3. The molecule has 4 amide bonds. The second-order valence-corrected chi connectivity index (χ2v) is 8.46. The number of carbonyl (C=O) groups excluding carboxylic acids is 3. The average Bonchev–Trinajstić information content (AvgIpc) is 3.40. The summed E-state index contributed by atoms with van der Waals surface area (Å²) < 4.78 is 6.67. The zero-order chi connectivity index (χ0) is 22.7. The van der Waals surface area contributed by atoms with E-state index in [1.807, 2.05) is 36.4 Å². The number of nitrogens with one attached hydrogen (secondary N) is 3. The number of hydrogen-bond donors (Lipinski definition) is 3. The quantitative estimate of drug-likeness (QED) is 0.419. The minimum Gasteiger partial charge on any atom is -0.408 e. The number of fused-ring (bicyclic) bond motifs is 4. The average molecular weight is 442 g/mol. The first kappa shape index (κ1) is 19.3. The van der Waals surface area contributed by atoms with Gasteiger partial charge in [-0.1, -0.05) is 36.4 Å². The van der Waals surface area contributed by atoms with Crippen molar-refractivity contribution in [1.29, 1.82) is 0 Å². The lowest BCUT2D eigenvalue weighted by Gasteiger charge is -2.18. The molecule has 2 aliphatic rings. The fraction of sp³-hybridized carbons (Fsp3) is 0.167. The number of amides is 4. The molecule has 1 aliphatic carbocycles. The molecule has 1 aromatic heterocycles. The summed E-state index contributed by atoms with van der Waals surface area (Å²) in [5.74, 6) is -1.32. The molecule has 2 heterocycles. The van der Waals surface area contributed by atoms with Crippen molar-refractivity contribution in [1.82, 2.24) is 15.2 Å². The molecule has 1 aliphatic heterocycles. The Labute approximate surface area is 186 Å². The highest BCUT2D eigenvalue weighted by Gasteiger charge is 2.49. The Hall–Kier alpha value is -4.40. The maximum absolute atomic E-state index is 12.8. The molecule has 0 saturated carbocycles. The normalized spacial score (nSPS) is 19.2. The predicted octanol–water partition coefficient (Wildman–Crippen LogP) is 2.06. The maximum Gasteiger partial charge on any atom is 0.420 e. The number of rotatable bonds is 3. The van der Waals surface area contributed by atoms with E-state index in [2.05, 4.69) is 16.0 Å². The van der Waals surface area contributed by atoms with Crippen LogP contribution in [0.15, 0.2) is 63.8 Å². The first-order valence-corrected chi connectivity index (χ1v) is 10.5. The summed E-state index contributed by atoms with van der Waals surface area (Å²) in [4.78, 5) is 49.1. The third kappa shape index (κ3) is 3.00. The van der Waals surface area contributed by atoms with Crippen molar-refractivity contribution in [2.24, 2.45) is 0 Å². The van der Waals surface area contributed by atoms with Gasteiger partial charge < -0.3 is 15.1 Å². The highest BCUT2D eigenvalue weighted by molar-refractivity contribution is 6.08. The molecule has 3 N–H and O–H groups in total. The first-order chi connectivity index (χ1) is 15.9. The Morgan fingerprint density at radius 2 is 1.85 bits per heavy atom. The van der Waals surface area contributed by atoms with E-state index in [0.717, 1.165) is 21.9 Å². The van der Waals surface area contributed by atoms with Crippen LogP contribution in [0, 0.1) is 0 Å². The summed E-state index contributed by atoms with van der Waals surface area (Å²) >= 11 is 0. The molecule has 1 unspecified atom stereocenters. The molecule has 9 heteroatoms. The van der Waals surface area contributed by atoms with Crippen LogP contribution in [-0.4, -0.2) is 28.0 Å². The summed E-state index contributed by atoms with van der Waals surface area (Å²) in [7, 11) is 0. The molecule has 1 spiro atoms. The lowest BCUT2D eigenvalue weighted by Crippen LogP contribution is -2.47. The number of nitrogens with zero attached hydrogens (tertiary/aromatic N) is 1. The molecule has 0 radical (unpaired) electrons. The number of carbonyl (C=O) groups is 3. The molecule has 4 aromatic rings. The van der Waals surface area contributed by atoms with Gasteiger partial charge in [-0.05, 0) is 34.7 Å². The maximum atomic E-state index is 12.8. The zero-order valence-electron chi connectivity index (χ0n) is 17.3. The fourth-order valence-electron chi connectivity index (χ4n) is 4.85. The van der Waals surface area contributed by atoms with E-state index in [0.29, 0.717) is 29.6 Å². The van der Waals surface area contributed by atoms with Crippen LogP contribution in [0.2, 0.25) is 0 Å². The van der Waals surface area contributed by atoms with Crippen LogP contribution in [0.25, 0.3) is 21.9 Å². The third-order valence-electron chi connectivity index (χ3n) is 6.34. The van der Waals surface area contributed by atoms with Gasteiger partial charge in [-0.15, -0.1) is 0 Å². The van der Waals surface area contributed by atoms with E-state index >= 15 is 0 Å². The van der Waals surface area contributed by atoms with E-state index < -0.39 is 17.3 Å². The van der Waals surface area contributed by atoms with Gasteiger partial charge in [0, 0.05) is 23.9 Å². The minimum absolute atomic E-state index is 0.209. The van der Waals surface area contributed by atoms with Gasteiger partial charge in [-0.25, -0.2) is 9.59 Å². The van der Waals surface area contributed by atoms with Crippen molar-refractivity contribution in [3.8, 4) is 0 Å². The lowest BCUT2D eigenvalue weighted by molar-refractivity contribution is -0.123. The van der Waals surface area contributed by atoms with Gasteiger partial charge in [-0.2, -0.15) is 0 Å². The molecule has 1 fully saturated rings. The molecule has 1 saturated heterocycles. The molecular formula is C24H18N4O5. The van der Waals surface area contributed by atoms with E-state index in [-0.39, 0.29) is 18.4 Å². The summed E-state index contributed by atoms with van der Waals surface area (Å²) in [6.07, 6.45) is 0.749. The van der Waals surface area contributed by atoms with Gasteiger partial charge in [0.05, 0.1) is 5.52 Å². The molecule has 164 valence electrons. The summed E-state index contributed by atoms with van der Waals surface area (Å²) in [5.41, 5.74) is 2.40. The van der Waals surface area contributed by atoms with E-state index in [1.165, 1.54) is 4.57 Å². The highest BCUT2D eigenvalue weighted by atomic mass is 16.4. The van der Waals surface area contributed by atoms with Crippen molar-refractivity contribution in [3.05, 3.63) is 76.3 Å². The number of benzene rings is 3. The largest absolute Gasteiger partial charge is 0.420 e. The number of aromatic nitrogens is 1. The van der Waals surface area contributed by atoms with Gasteiger partial charge in [-0.3, -0.25) is 19.5 Å². The van der Waals surface area contributed by atoms with Crippen LogP contribution in [0.3, 0.4) is 0 Å². The van der Waals surface area contributed by atoms with Crippen LogP contribution in [-0.2, 0) is 29.0 Å². The molecule has 3 aromatic carbocycles. The summed E-state index contributed by atoms with van der Waals surface area (Å²) in [6, 6.07) is 16.1.